The predicted octanol–water partition coefficient (Wildman–Crippen LogP) is 2.72. The number of rotatable bonds is 5. The summed E-state index contributed by atoms with van der Waals surface area (Å²) >= 11 is 0. The van der Waals surface area contributed by atoms with Crippen molar-refractivity contribution in [1.29, 1.82) is 0 Å². The zero-order chi connectivity index (χ0) is 23.2. The summed E-state index contributed by atoms with van der Waals surface area (Å²) in [5.41, 5.74) is 0.0312. The highest BCUT2D eigenvalue weighted by atomic mass is 19.4. The number of para-hydroxylation sites is 1. The van der Waals surface area contributed by atoms with E-state index in [-0.39, 0.29) is 36.4 Å². The van der Waals surface area contributed by atoms with Gasteiger partial charge >= 0.3 is 6.18 Å². The van der Waals surface area contributed by atoms with Gasteiger partial charge in [-0.15, -0.1) is 0 Å². The molecule has 33 heavy (non-hydrogen) atoms. The number of hydrogen-bond acceptors (Lipinski definition) is 6. The minimum absolute atomic E-state index is 0.0124. The summed E-state index contributed by atoms with van der Waals surface area (Å²) in [5.74, 6) is -0.212. The smallest absolute Gasteiger partial charge is 0.417 e. The number of carbonyl (C=O) groups is 1. The van der Waals surface area contributed by atoms with Crippen molar-refractivity contribution in [3.8, 4) is 11.6 Å². The van der Waals surface area contributed by atoms with Crippen LogP contribution in [0.4, 0.5) is 13.2 Å². The Balaban J connectivity index is 1.40. The van der Waals surface area contributed by atoms with Crippen molar-refractivity contribution in [3.05, 3.63) is 66.1 Å². The molecule has 1 saturated heterocycles. The molecule has 8 nitrogen and oxygen atoms in total. The third-order valence-electron chi connectivity index (χ3n) is 6.29. The van der Waals surface area contributed by atoms with Crippen LogP contribution in [0, 0.1) is 5.92 Å². The number of hydrogen-bond donors (Lipinski definition) is 1. The Morgan fingerprint density at radius 3 is 2.55 bits per heavy atom. The molecule has 5 rings (SSSR count). The van der Waals surface area contributed by atoms with Crippen LogP contribution in [-0.2, 0) is 6.18 Å². The van der Waals surface area contributed by atoms with Crippen LogP contribution in [0.1, 0.15) is 28.8 Å². The van der Waals surface area contributed by atoms with Crippen molar-refractivity contribution in [1.82, 2.24) is 24.9 Å². The van der Waals surface area contributed by atoms with Crippen LogP contribution in [0.25, 0.3) is 5.69 Å². The molecule has 1 aromatic carbocycles. The fraction of sp³-hybridized carbons (Fsp3) is 0.364. The van der Waals surface area contributed by atoms with Gasteiger partial charge in [-0.2, -0.15) is 28.2 Å². The number of aromatic nitrogens is 4. The molecule has 2 bridgehead atoms. The lowest BCUT2D eigenvalue weighted by atomic mass is 9.97. The van der Waals surface area contributed by atoms with E-state index in [1.165, 1.54) is 23.3 Å². The number of nitrogens with zero attached hydrogens (tertiary/aromatic N) is 5. The summed E-state index contributed by atoms with van der Waals surface area (Å²) < 4.78 is 44.3. The fourth-order valence-corrected chi connectivity index (χ4v) is 4.84. The number of halogens is 3. The number of alkyl halides is 3. The molecular formula is C22H20F3N5O3. The van der Waals surface area contributed by atoms with Gasteiger partial charge in [-0.05, 0) is 37.0 Å². The Bertz CT molecular complexity index is 1140. The van der Waals surface area contributed by atoms with E-state index < -0.39 is 17.8 Å². The van der Waals surface area contributed by atoms with E-state index in [9.17, 15) is 23.1 Å². The number of aliphatic hydroxyl groups is 1. The summed E-state index contributed by atoms with van der Waals surface area (Å²) in [6, 6.07) is 8.31. The number of ether oxygens (including phenoxy) is 1. The molecule has 11 heteroatoms. The van der Waals surface area contributed by atoms with E-state index in [1.807, 2.05) is 0 Å². The van der Waals surface area contributed by atoms with Crippen LogP contribution in [0.2, 0.25) is 0 Å². The second-order valence-electron chi connectivity index (χ2n) is 8.14. The number of benzene rings is 1. The second-order valence-corrected chi connectivity index (χ2v) is 8.14. The lowest BCUT2D eigenvalue weighted by Crippen LogP contribution is -2.53. The molecule has 3 heterocycles. The maximum absolute atomic E-state index is 13.6. The van der Waals surface area contributed by atoms with Gasteiger partial charge in [0.1, 0.15) is 6.10 Å². The molecule has 1 aliphatic heterocycles. The summed E-state index contributed by atoms with van der Waals surface area (Å²) in [4.78, 5) is 20.4. The van der Waals surface area contributed by atoms with Gasteiger partial charge in [0.2, 0.25) is 5.88 Å². The van der Waals surface area contributed by atoms with Crippen LogP contribution in [-0.4, -0.2) is 60.7 Å². The standard InChI is InChI=1S/C22H20F3N5O3/c23-22(24,25)14-5-6-20(26-11-14)33-19-10-13-9-17(19)29(18(13)12-31)21(32)15-3-1-2-4-16(15)30-27-7-8-28-30/h1-8,11,13,17-19,31H,9-10,12H2. The number of piperidine rings is 1. The number of pyridine rings is 1. The number of amides is 1. The van der Waals surface area contributed by atoms with E-state index in [0.29, 0.717) is 24.1 Å². The Morgan fingerprint density at radius 2 is 1.88 bits per heavy atom. The molecule has 0 radical (unpaired) electrons. The molecular weight excluding hydrogens is 439 g/mol. The first kappa shape index (κ1) is 21.4. The fourth-order valence-electron chi connectivity index (χ4n) is 4.84. The van der Waals surface area contributed by atoms with Crippen molar-refractivity contribution in [2.75, 3.05) is 6.61 Å². The molecule has 2 aromatic heterocycles. The number of fused-ring (bicyclic) bond motifs is 2. The van der Waals surface area contributed by atoms with E-state index in [2.05, 4.69) is 15.2 Å². The topological polar surface area (TPSA) is 93.4 Å². The van der Waals surface area contributed by atoms with Crippen LogP contribution in [0.5, 0.6) is 5.88 Å². The maximum atomic E-state index is 13.6. The largest absolute Gasteiger partial charge is 0.472 e. The van der Waals surface area contributed by atoms with Crippen molar-refractivity contribution in [2.24, 2.45) is 5.92 Å². The molecule has 0 spiro atoms. The first-order valence-electron chi connectivity index (χ1n) is 10.5. The van der Waals surface area contributed by atoms with Gasteiger partial charge in [0.25, 0.3) is 5.91 Å². The quantitative estimate of drug-likeness (QED) is 0.631. The molecule has 1 saturated carbocycles. The highest BCUT2D eigenvalue weighted by molar-refractivity contribution is 5.98. The summed E-state index contributed by atoms with van der Waals surface area (Å²) in [6.45, 7) is -0.194. The number of aliphatic hydroxyl groups excluding tert-OH is 1. The summed E-state index contributed by atoms with van der Waals surface area (Å²) in [7, 11) is 0. The zero-order valence-electron chi connectivity index (χ0n) is 17.3. The molecule has 1 N–H and O–H groups in total. The Kier molecular flexibility index (Phi) is 5.28. The Morgan fingerprint density at radius 1 is 1.12 bits per heavy atom. The van der Waals surface area contributed by atoms with Gasteiger partial charge in [0.15, 0.2) is 0 Å². The molecule has 2 fully saturated rings. The van der Waals surface area contributed by atoms with Gasteiger partial charge < -0.3 is 14.7 Å². The minimum atomic E-state index is -4.48. The van der Waals surface area contributed by atoms with Gasteiger partial charge in [-0.25, -0.2) is 4.98 Å². The maximum Gasteiger partial charge on any atom is 0.417 e. The lowest BCUT2D eigenvalue weighted by molar-refractivity contribution is -0.137. The van der Waals surface area contributed by atoms with Crippen LogP contribution >= 0.6 is 0 Å². The van der Waals surface area contributed by atoms with Gasteiger partial charge in [-0.3, -0.25) is 4.79 Å². The van der Waals surface area contributed by atoms with Crippen molar-refractivity contribution < 1.29 is 27.8 Å². The Hall–Kier alpha value is -3.47. The van der Waals surface area contributed by atoms with Gasteiger partial charge in [0.05, 0.1) is 47.9 Å². The van der Waals surface area contributed by atoms with E-state index in [0.717, 1.165) is 12.3 Å². The van der Waals surface area contributed by atoms with E-state index >= 15 is 0 Å². The van der Waals surface area contributed by atoms with Crippen LogP contribution in [0.15, 0.2) is 55.0 Å². The normalized spacial score (nSPS) is 24.3. The second kappa shape index (κ2) is 8.14. The SMILES string of the molecule is O=C(c1ccccc1-n1nccn1)N1C(CO)C2CC(Oc3ccc(C(F)(F)F)cn3)C1C2. The van der Waals surface area contributed by atoms with Gasteiger partial charge in [0, 0.05) is 12.3 Å². The predicted molar refractivity (Wildman–Crippen MR) is 109 cm³/mol. The first-order valence-corrected chi connectivity index (χ1v) is 10.5. The van der Waals surface area contributed by atoms with Crippen molar-refractivity contribution in [3.63, 3.8) is 0 Å². The van der Waals surface area contributed by atoms with Crippen molar-refractivity contribution in [2.45, 2.75) is 37.2 Å². The monoisotopic (exact) mass is 459 g/mol. The lowest BCUT2D eigenvalue weighted by Gasteiger charge is -2.38. The molecule has 1 amide bonds. The average molecular weight is 459 g/mol. The highest BCUT2D eigenvalue weighted by Crippen LogP contribution is 2.45. The van der Waals surface area contributed by atoms with Crippen LogP contribution < -0.4 is 4.74 Å². The number of carbonyl (C=O) groups excluding carboxylic acids is 1. The molecule has 4 unspecified atom stereocenters. The molecule has 172 valence electrons. The van der Waals surface area contributed by atoms with Crippen molar-refractivity contribution >= 4 is 5.91 Å². The number of likely N-dealkylation sites (tertiary alicyclic amines) is 1. The average Bonchev–Trinajstić information content (AvgIpc) is 3.55. The minimum Gasteiger partial charge on any atom is -0.472 e. The molecule has 4 atom stereocenters. The third kappa shape index (κ3) is 3.82. The highest BCUT2D eigenvalue weighted by Gasteiger charge is 2.54. The van der Waals surface area contributed by atoms with E-state index in [4.69, 9.17) is 4.74 Å². The first-order chi connectivity index (χ1) is 15.9. The van der Waals surface area contributed by atoms with E-state index in [1.54, 1.807) is 29.2 Å². The zero-order valence-corrected chi connectivity index (χ0v) is 17.3. The summed E-state index contributed by atoms with van der Waals surface area (Å²) in [5, 5.41) is 18.2. The molecule has 3 aromatic rings. The molecule has 2 aliphatic rings. The van der Waals surface area contributed by atoms with Crippen LogP contribution in [0.3, 0.4) is 0 Å². The third-order valence-corrected chi connectivity index (χ3v) is 6.29. The van der Waals surface area contributed by atoms with Gasteiger partial charge in [-0.1, -0.05) is 12.1 Å². The Labute approximate surface area is 186 Å². The molecule has 1 aliphatic carbocycles. The summed E-state index contributed by atoms with van der Waals surface area (Å²) in [6.07, 6.45) is 0.0326.